The van der Waals surface area contributed by atoms with Gasteiger partial charge in [0, 0.05) is 19.2 Å². The lowest BCUT2D eigenvalue weighted by Crippen LogP contribution is -2.82. The molecule has 0 bridgehead atoms. The average molecular weight is 524 g/mol. The summed E-state index contributed by atoms with van der Waals surface area (Å²) in [5.41, 5.74) is -5.05. The van der Waals surface area contributed by atoms with Crippen molar-refractivity contribution in [3.63, 3.8) is 0 Å². The summed E-state index contributed by atoms with van der Waals surface area (Å²) in [6.07, 6.45) is 0.426. The molecule has 1 fully saturated rings. The molecule has 1 aromatic rings. The minimum absolute atomic E-state index is 0.141. The van der Waals surface area contributed by atoms with Crippen LogP contribution >= 0.6 is 0 Å². The van der Waals surface area contributed by atoms with E-state index < -0.39 is 40.6 Å². The van der Waals surface area contributed by atoms with Gasteiger partial charge in [0.1, 0.15) is 22.8 Å². The number of hydrogen-bond donors (Lipinski definition) is 7. The summed E-state index contributed by atoms with van der Waals surface area (Å²) in [7, 11) is 0. The van der Waals surface area contributed by atoms with E-state index in [1.807, 2.05) is 19.1 Å². The maximum Gasteiger partial charge on any atom is 0.252 e. The zero-order valence-corrected chi connectivity index (χ0v) is 22.4. The van der Waals surface area contributed by atoms with Crippen LogP contribution < -0.4 is 16.0 Å². The van der Waals surface area contributed by atoms with Crippen LogP contribution in [0.15, 0.2) is 24.3 Å². The SMILES string of the molecule is CCc1ccc(NC(=O)C(CCCCNC(=O)C2O[C@@](C)(O)[C@@](C)(O)C(C)(O)[C@]2(C)O)NC(C)=O)cc1. The minimum Gasteiger partial charge on any atom is -0.384 e. The molecule has 11 nitrogen and oxygen atoms in total. The molecule has 1 aliphatic rings. The third kappa shape index (κ3) is 6.47. The molecule has 1 aromatic carbocycles. The Morgan fingerprint density at radius 3 is 2.11 bits per heavy atom. The number of carbonyl (C=O) groups excluding carboxylic acids is 3. The first-order valence-electron chi connectivity index (χ1n) is 12.5. The number of aryl methyl sites for hydroxylation is 1. The Balaban J connectivity index is 1.92. The van der Waals surface area contributed by atoms with Gasteiger partial charge in [0.15, 0.2) is 11.9 Å². The van der Waals surface area contributed by atoms with E-state index in [0.29, 0.717) is 24.9 Å². The number of benzene rings is 1. The maximum absolute atomic E-state index is 12.8. The van der Waals surface area contributed by atoms with Crippen molar-refractivity contribution in [3.05, 3.63) is 29.8 Å². The molecule has 0 spiro atoms. The van der Waals surface area contributed by atoms with Crippen molar-refractivity contribution in [2.75, 3.05) is 11.9 Å². The molecular formula is C26H41N3O8. The first kappa shape index (κ1) is 30.7. The number of hydrogen-bond acceptors (Lipinski definition) is 8. The van der Waals surface area contributed by atoms with E-state index >= 15 is 0 Å². The highest BCUT2D eigenvalue weighted by Gasteiger charge is 2.71. The number of carbonyl (C=O) groups is 3. The number of unbranched alkanes of at least 4 members (excludes halogenated alkanes) is 1. The van der Waals surface area contributed by atoms with Crippen LogP contribution in [0.2, 0.25) is 0 Å². The molecule has 6 atom stereocenters. The molecule has 208 valence electrons. The highest BCUT2D eigenvalue weighted by atomic mass is 16.7. The Bertz CT molecular complexity index is 973. The van der Waals surface area contributed by atoms with Crippen LogP contribution in [-0.2, 0) is 25.5 Å². The van der Waals surface area contributed by atoms with Crippen molar-refractivity contribution in [2.24, 2.45) is 0 Å². The highest BCUT2D eigenvalue weighted by Crippen LogP contribution is 2.48. The summed E-state index contributed by atoms with van der Waals surface area (Å²) in [5.74, 6) is -3.81. The summed E-state index contributed by atoms with van der Waals surface area (Å²) >= 11 is 0. The average Bonchev–Trinajstić information content (AvgIpc) is 2.80. The molecule has 0 saturated carbocycles. The van der Waals surface area contributed by atoms with Crippen molar-refractivity contribution in [2.45, 2.75) is 102 Å². The smallest absolute Gasteiger partial charge is 0.252 e. The Labute approximate surface area is 217 Å². The summed E-state index contributed by atoms with van der Waals surface area (Å²) in [5, 5.41) is 50.9. The molecule has 37 heavy (non-hydrogen) atoms. The van der Waals surface area contributed by atoms with Crippen LogP contribution in [-0.4, -0.2) is 79.4 Å². The minimum atomic E-state index is -2.32. The summed E-state index contributed by atoms with van der Waals surface area (Å²) < 4.78 is 5.33. The molecular weight excluding hydrogens is 482 g/mol. The maximum atomic E-state index is 12.8. The van der Waals surface area contributed by atoms with Crippen LogP contribution in [0.3, 0.4) is 0 Å². The van der Waals surface area contributed by atoms with Gasteiger partial charge in [0.2, 0.25) is 11.8 Å². The van der Waals surface area contributed by atoms with Crippen molar-refractivity contribution in [1.82, 2.24) is 10.6 Å². The fourth-order valence-electron chi connectivity index (χ4n) is 4.31. The quantitative estimate of drug-likeness (QED) is 0.215. The second kappa shape index (κ2) is 11.4. The Morgan fingerprint density at radius 2 is 1.57 bits per heavy atom. The Hall–Kier alpha value is -2.57. The molecule has 3 amide bonds. The highest BCUT2D eigenvalue weighted by molar-refractivity contribution is 5.96. The molecule has 11 heteroatoms. The van der Waals surface area contributed by atoms with Crippen LogP contribution in [0.4, 0.5) is 5.69 Å². The van der Waals surface area contributed by atoms with Crippen LogP contribution in [0.25, 0.3) is 0 Å². The fourth-order valence-corrected chi connectivity index (χ4v) is 4.31. The normalized spacial score (nSPS) is 32.3. The topological polar surface area (TPSA) is 177 Å². The molecule has 0 aliphatic carbocycles. The third-order valence-electron chi connectivity index (χ3n) is 7.48. The number of amides is 3. The summed E-state index contributed by atoms with van der Waals surface area (Å²) in [4.78, 5) is 37.1. The zero-order chi connectivity index (χ0) is 28.2. The van der Waals surface area contributed by atoms with Gasteiger partial charge in [-0.2, -0.15) is 0 Å². The van der Waals surface area contributed by atoms with Crippen molar-refractivity contribution in [1.29, 1.82) is 0 Å². The monoisotopic (exact) mass is 523 g/mol. The summed E-state index contributed by atoms with van der Waals surface area (Å²) in [6.45, 7) is 7.98. The van der Waals surface area contributed by atoms with E-state index in [-0.39, 0.29) is 18.4 Å². The molecule has 0 aromatic heterocycles. The number of aliphatic hydroxyl groups is 4. The predicted molar refractivity (Wildman–Crippen MR) is 136 cm³/mol. The van der Waals surface area contributed by atoms with Gasteiger partial charge in [-0.3, -0.25) is 14.4 Å². The number of ether oxygens (including phenoxy) is 1. The molecule has 1 aliphatic heterocycles. The zero-order valence-electron chi connectivity index (χ0n) is 22.4. The van der Waals surface area contributed by atoms with E-state index in [4.69, 9.17) is 4.74 Å². The molecule has 7 N–H and O–H groups in total. The second-order valence-corrected chi connectivity index (χ2v) is 10.4. The Kier molecular flexibility index (Phi) is 9.48. The van der Waals surface area contributed by atoms with E-state index in [9.17, 15) is 34.8 Å². The van der Waals surface area contributed by atoms with Gasteiger partial charge in [-0.15, -0.1) is 0 Å². The van der Waals surface area contributed by atoms with Crippen molar-refractivity contribution in [3.8, 4) is 0 Å². The van der Waals surface area contributed by atoms with Gasteiger partial charge < -0.3 is 41.1 Å². The van der Waals surface area contributed by atoms with Gasteiger partial charge >= 0.3 is 0 Å². The van der Waals surface area contributed by atoms with Gasteiger partial charge in [-0.1, -0.05) is 19.1 Å². The van der Waals surface area contributed by atoms with Crippen LogP contribution in [0, 0.1) is 0 Å². The summed E-state index contributed by atoms with van der Waals surface area (Å²) in [6, 6.07) is 6.66. The lowest BCUT2D eigenvalue weighted by atomic mass is 9.65. The molecule has 0 radical (unpaired) electrons. The lowest BCUT2D eigenvalue weighted by molar-refractivity contribution is -0.414. The standard InChI is InChI=1S/C26H41N3O8/c1-7-17-11-13-18(14-12-17)29-21(31)19(28-16(2)30)10-8-9-15-27-22(32)20-23(3,33)24(4,34)25(5,35)26(6,36)37-20/h11-14,19-20,33-36H,7-10,15H2,1-6H3,(H,27,32)(H,28,30)(H,29,31)/t19?,20?,23-,24?,25+,26-/m1/s1. The van der Waals surface area contributed by atoms with E-state index in [0.717, 1.165) is 39.7 Å². The van der Waals surface area contributed by atoms with E-state index in [1.54, 1.807) is 12.1 Å². The first-order chi connectivity index (χ1) is 17.0. The van der Waals surface area contributed by atoms with Gasteiger partial charge in [0.25, 0.3) is 5.91 Å². The van der Waals surface area contributed by atoms with E-state index in [1.165, 1.54) is 6.92 Å². The molecule has 3 unspecified atom stereocenters. The first-order valence-corrected chi connectivity index (χ1v) is 12.5. The van der Waals surface area contributed by atoms with Crippen molar-refractivity contribution >= 4 is 23.4 Å². The fraction of sp³-hybridized carbons (Fsp3) is 0.654. The lowest BCUT2D eigenvalue weighted by Gasteiger charge is -2.59. The van der Waals surface area contributed by atoms with Gasteiger partial charge in [-0.05, 0) is 71.1 Å². The molecule has 1 heterocycles. The number of anilines is 1. The predicted octanol–water partition coefficient (Wildman–Crippen LogP) is 0.339. The van der Waals surface area contributed by atoms with Gasteiger partial charge in [0.05, 0.1) is 0 Å². The third-order valence-corrected chi connectivity index (χ3v) is 7.48. The molecule has 2 rings (SSSR count). The number of rotatable bonds is 10. The van der Waals surface area contributed by atoms with Crippen molar-refractivity contribution < 1.29 is 39.5 Å². The van der Waals surface area contributed by atoms with Crippen LogP contribution in [0.5, 0.6) is 0 Å². The van der Waals surface area contributed by atoms with Crippen LogP contribution in [0.1, 0.15) is 66.4 Å². The van der Waals surface area contributed by atoms with E-state index in [2.05, 4.69) is 16.0 Å². The second-order valence-electron chi connectivity index (χ2n) is 10.4. The largest absolute Gasteiger partial charge is 0.384 e. The Morgan fingerprint density at radius 1 is 0.973 bits per heavy atom. The molecule has 1 saturated heterocycles. The number of nitrogens with one attached hydrogen (secondary N) is 3. The van der Waals surface area contributed by atoms with Gasteiger partial charge in [-0.25, -0.2) is 0 Å².